The van der Waals surface area contributed by atoms with Crippen LogP contribution >= 0.6 is 0 Å². The SMILES string of the molecule is CCN(CC)CCCNC(=O)C(=O)N1CCC(Cc2ccccc2)CC1. The predicted octanol–water partition coefficient (Wildman–Crippen LogP) is 2.32. The summed E-state index contributed by atoms with van der Waals surface area (Å²) in [6.07, 6.45) is 3.87. The van der Waals surface area contributed by atoms with Crippen LogP contribution in [0.3, 0.4) is 0 Å². The van der Waals surface area contributed by atoms with Crippen molar-refractivity contribution in [2.24, 2.45) is 5.92 Å². The van der Waals surface area contributed by atoms with Crippen LogP contribution in [0.15, 0.2) is 30.3 Å². The molecule has 5 heteroatoms. The summed E-state index contributed by atoms with van der Waals surface area (Å²) in [5, 5.41) is 2.78. The lowest BCUT2D eigenvalue weighted by atomic mass is 9.90. The summed E-state index contributed by atoms with van der Waals surface area (Å²) in [5.41, 5.74) is 1.35. The van der Waals surface area contributed by atoms with E-state index in [0.717, 1.165) is 45.3 Å². The maximum absolute atomic E-state index is 12.3. The van der Waals surface area contributed by atoms with Crippen LogP contribution in [0.25, 0.3) is 0 Å². The highest BCUT2D eigenvalue weighted by Crippen LogP contribution is 2.21. The zero-order valence-electron chi connectivity index (χ0n) is 16.2. The molecule has 0 spiro atoms. The summed E-state index contributed by atoms with van der Waals surface area (Å²) in [7, 11) is 0. The molecule has 1 fully saturated rings. The highest BCUT2D eigenvalue weighted by molar-refractivity contribution is 6.35. The second kappa shape index (κ2) is 11.0. The lowest BCUT2D eigenvalue weighted by Crippen LogP contribution is -2.47. The van der Waals surface area contributed by atoms with E-state index >= 15 is 0 Å². The normalized spacial score (nSPS) is 15.3. The summed E-state index contributed by atoms with van der Waals surface area (Å²) in [5.74, 6) is -0.226. The molecule has 1 aliphatic heterocycles. The van der Waals surface area contributed by atoms with E-state index in [4.69, 9.17) is 0 Å². The molecule has 1 aromatic carbocycles. The van der Waals surface area contributed by atoms with Crippen LogP contribution in [0.4, 0.5) is 0 Å². The molecular weight excluding hydrogens is 326 g/mol. The zero-order chi connectivity index (χ0) is 18.8. The van der Waals surface area contributed by atoms with Gasteiger partial charge >= 0.3 is 11.8 Å². The van der Waals surface area contributed by atoms with E-state index in [1.54, 1.807) is 4.90 Å². The van der Waals surface area contributed by atoms with Crippen molar-refractivity contribution in [3.05, 3.63) is 35.9 Å². The Morgan fingerprint density at radius 3 is 2.38 bits per heavy atom. The summed E-state index contributed by atoms with van der Waals surface area (Å²) < 4.78 is 0. The molecule has 144 valence electrons. The number of carbonyl (C=O) groups excluding carboxylic acids is 2. The van der Waals surface area contributed by atoms with Crippen LogP contribution in [0, 0.1) is 5.92 Å². The minimum Gasteiger partial charge on any atom is -0.348 e. The van der Waals surface area contributed by atoms with E-state index in [9.17, 15) is 9.59 Å². The van der Waals surface area contributed by atoms with Gasteiger partial charge in [0.1, 0.15) is 0 Å². The first-order chi connectivity index (χ1) is 12.6. The van der Waals surface area contributed by atoms with Gasteiger partial charge in [-0.25, -0.2) is 0 Å². The summed E-state index contributed by atoms with van der Waals surface area (Å²) in [6, 6.07) is 10.5. The van der Waals surface area contributed by atoms with E-state index in [0.29, 0.717) is 25.6 Å². The van der Waals surface area contributed by atoms with E-state index in [-0.39, 0.29) is 5.91 Å². The van der Waals surface area contributed by atoms with Crippen molar-refractivity contribution in [1.82, 2.24) is 15.1 Å². The number of benzene rings is 1. The molecule has 1 saturated heterocycles. The fourth-order valence-corrected chi connectivity index (χ4v) is 3.55. The molecule has 0 saturated carbocycles. The van der Waals surface area contributed by atoms with Gasteiger partial charge in [0.05, 0.1) is 0 Å². The van der Waals surface area contributed by atoms with Crippen LogP contribution in [-0.2, 0) is 16.0 Å². The third-order valence-corrected chi connectivity index (χ3v) is 5.29. The second-order valence-electron chi connectivity index (χ2n) is 7.06. The molecule has 1 heterocycles. The Kier molecular flexibility index (Phi) is 8.62. The van der Waals surface area contributed by atoms with Crippen LogP contribution in [-0.4, -0.2) is 60.9 Å². The van der Waals surface area contributed by atoms with E-state index in [1.807, 2.05) is 6.07 Å². The monoisotopic (exact) mass is 359 g/mol. The Hall–Kier alpha value is -1.88. The van der Waals surface area contributed by atoms with E-state index < -0.39 is 5.91 Å². The maximum Gasteiger partial charge on any atom is 0.311 e. The number of carbonyl (C=O) groups is 2. The van der Waals surface area contributed by atoms with Crippen LogP contribution < -0.4 is 5.32 Å². The van der Waals surface area contributed by atoms with Crippen LogP contribution in [0.1, 0.15) is 38.7 Å². The smallest absolute Gasteiger partial charge is 0.311 e. The summed E-state index contributed by atoms with van der Waals surface area (Å²) in [6.45, 7) is 9.17. The molecule has 0 aliphatic carbocycles. The Morgan fingerprint density at radius 2 is 1.77 bits per heavy atom. The number of nitrogens with zero attached hydrogens (tertiary/aromatic N) is 2. The highest BCUT2D eigenvalue weighted by Gasteiger charge is 2.26. The van der Waals surface area contributed by atoms with Gasteiger partial charge in [0.2, 0.25) is 0 Å². The maximum atomic E-state index is 12.3. The molecule has 1 N–H and O–H groups in total. The Labute approximate surface area is 157 Å². The minimum absolute atomic E-state index is 0.369. The summed E-state index contributed by atoms with van der Waals surface area (Å²) in [4.78, 5) is 28.4. The molecule has 0 aromatic heterocycles. The molecule has 2 rings (SSSR count). The lowest BCUT2D eigenvalue weighted by Gasteiger charge is -2.31. The van der Waals surface area contributed by atoms with E-state index in [1.165, 1.54) is 5.56 Å². The van der Waals surface area contributed by atoms with Crippen molar-refractivity contribution in [3.63, 3.8) is 0 Å². The Bertz CT molecular complexity index is 550. The third-order valence-electron chi connectivity index (χ3n) is 5.29. The average Bonchev–Trinajstić information content (AvgIpc) is 2.69. The molecule has 2 amide bonds. The van der Waals surface area contributed by atoms with Gasteiger partial charge in [-0.1, -0.05) is 44.2 Å². The first-order valence-electron chi connectivity index (χ1n) is 9.97. The fourth-order valence-electron chi connectivity index (χ4n) is 3.55. The number of hydrogen-bond donors (Lipinski definition) is 1. The van der Waals surface area contributed by atoms with Gasteiger partial charge in [-0.05, 0) is 56.8 Å². The Balaban J connectivity index is 1.66. The van der Waals surface area contributed by atoms with Gasteiger partial charge in [0, 0.05) is 19.6 Å². The van der Waals surface area contributed by atoms with Crippen molar-refractivity contribution in [2.75, 3.05) is 39.3 Å². The van der Waals surface area contributed by atoms with Gasteiger partial charge in [0.25, 0.3) is 0 Å². The van der Waals surface area contributed by atoms with Gasteiger partial charge < -0.3 is 15.1 Å². The van der Waals surface area contributed by atoms with Crippen molar-refractivity contribution in [1.29, 1.82) is 0 Å². The number of piperidine rings is 1. The van der Waals surface area contributed by atoms with Gasteiger partial charge in [-0.2, -0.15) is 0 Å². The zero-order valence-corrected chi connectivity index (χ0v) is 16.2. The highest BCUT2D eigenvalue weighted by atomic mass is 16.2. The first kappa shape index (κ1) is 20.4. The molecule has 0 unspecified atom stereocenters. The molecular formula is C21H33N3O2. The quantitative estimate of drug-likeness (QED) is 0.572. The molecule has 5 nitrogen and oxygen atoms in total. The largest absolute Gasteiger partial charge is 0.348 e. The topological polar surface area (TPSA) is 52.7 Å². The van der Waals surface area contributed by atoms with Crippen LogP contribution in [0.2, 0.25) is 0 Å². The first-order valence-corrected chi connectivity index (χ1v) is 9.97. The molecule has 1 aromatic rings. The summed E-state index contributed by atoms with van der Waals surface area (Å²) >= 11 is 0. The molecule has 0 bridgehead atoms. The van der Waals surface area contributed by atoms with Gasteiger partial charge in [-0.15, -0.1) is 0 Å². The molecule has 26 heavy (non-hydrogen) atoms. The molecule has 0 radical (unpaired) electrons. The van der Waals surface area contributed by atoms with Gasteiger partial charge in [0.15, 0.2) is 0 Å². The third kappa shape index (κ3) is 6.45. The van der Waals surface area contributed by atoms with Crippen molar-refractivity contribution < 1.29 is 9.59 Å². The standard InChI is InChI=1S/C21H33N3O2/c1-3-23(4-2)14-8-13-22-20(25)21(26)24-15-11-19(12-16-24)17-18-9-6-5-7-10-18/h5-7,9-10,19H,3-4,8,11-17H2,1-2H3,(H,22,25). The van der Waals surface area contributed by atoms with Gasteiger partial charge in [-0.3, -0.25) is 9.59 Å². The fraction of sp³-hybridized carbons (Fsp3) is 0.619. The average molecular weight is 360 g/mol. The van der Waals surface area contributed by atoms with Crippen molar-refractivity contribution >= 4 is 11.8 Å². The van der Waals surface area contributed by atoms with E-state index in [2.05, 4.69) is 48.3 Å². The molecule has 0 atom stereocenters. The number of nitrogens with one attached hydrogen (secondary N) is 1. The van der Waals surface area contributed by atoms with Crippen LogP contribution in [0.5, 0.6) is 0 Å². The minimum atomic E-state index is -0.453. The predicted molar refractivity (Wildman–Crippen MR) is 105 cm³/mol. The lowest BCUT2D eigenvalue weighted by molar-refractivity contribution is -0.146. The molecule has 1 aliphatic rings. The van der Waals surface area contributed by atoms with Crippen molar-refractivity contribution in [2.45, 2.75) is 39.5 Å². The van der Waals surface area contributed by atoms with Crippen molar-refractivity contribution in [3.8, 4) is 0 Å². The number of amides is 2. The number of hydrogen-bond acceptors (Lipinski definition) is 3. The Morgan fingerprint density at radius 1 is 1.12 bits per heavy atom. The number of likely N-dealkylation sites (tertiary alicyclic amines) is 1. The second-order valence-corrected chi connectivity index (χ2v) is 7.06. The number of rotatable bonds is 8.